The summed E-state index contributed by atoms with van der Waals surface area (Å²) in [4.78, 5) is 4.03. The first kappa shape index (κ1) is 7.72. The number of nitrogens with zero attached hydrogens (tertiary/aromatic N) is 2. The monoisotopic (exact) mass is 150 g/mol. The van der Waals surface area contributed by atoms with E-state index in [-0.39, 0.29) is 0 Å². The van der Waals surface area contributed by atoms with Crippen molar-refractivity contribution < 1.29 is 5.21 Å². The van der Waals surface area contributed by atoms with E-state index in [1.54, 1.807) is 6.20 Å². The summed E-state index contributed by atoms with van der Waals surface area (Å²) in [6.07, 6.45) is 4.06. The van der Waals surface area contributed by atoms with E-state index < -0.39 is 0 Å². The molecular formula is C8H10N2O. The van der Waals surface area contributed by atoms with Crippen LogP contribution >= 0.6 is 0 Å². The van der Waals surface area contributed by atoms with Crippen LogP contribution in [0.2, 0.25) is 0 Å². The zero-order valence-corrected chi connectivity index (χ0v) is 6.36. The van der Waals surface area contributed by atoms with Crippen molar-refractivity contribution in [3.05, 3.63) is 29.6 Å². The summed E-state index contributed by atoms with van der Waals surface area (Å²) in [5.41, 5.74) is 1.85. The molecule has 58 valence electrons. The van der Waals surface area contributed by atoms with Crippen LogP contribution in [-0.4, -0.2) is 16.4 Å². The molecule has 3 nitrogen and oxygen atoms in total. The Morgan fingerprint density at radius 2 is 2.45 bits per heavy atom. The lowest BCUT2D eigenvalue weighted by Crippen LogP contribution is -1.88. The molecule has 1 N–H and O–H groups in total. The number of oxime groups is 1. The number of rotatable bonds is 2. The molecule has 0 radical (unpaired) electrons. The molecule has 1 heterocycles. The van der Waals surface area contributed by atoms with Crippen LogP contribution in [0.1, 0.15) is 18.2 Å². The molecule has 0 aliphatic carbocycles. The second-order valence-electron chi connectivity index (χ2n) is 2.19. The average molecular weight is 150 g/mol. The van der Waals surface area contributed by atoms with Gasteiger partial charge >= 0.3 is 0 Å². The van der Waals surface area contributed by atoms with Gasteiger partial charge in [0.2, 0.25) is 0 Å². The summed E-state index contributed by atoms with van der Waals surface area (Å²) >= 11 is 0. The minimum absolute atomic E-state index is 0.671. The highest BCUT2D eigenvalue weighted by atomic mass is 16.4. The van der Waals surface area contributed by atoms with Gasteiger partial charge in [-0.1, -0.05) is 18.1 Å². The fourth-order valence-electron chi connectivity index (χ4n) is 0.781. The summed E-state index contributed by atoms with van der Waals surface area (Å²) < 4.78 is 0. The van der Waals surface area contributed by atoms with Crippen molar-refractivity contribution in [2.24, 2.45) is 5.16 Å². The maximum atomic E-state index is 8.18. The molecule has 3 heteroatoms. The molecule has 0 spiro atoms. The van der Waals surface area contributed by atoms with Crippen molar-refractivity contribution in [3.63, 3.8) is 0 Å². The normalized spacial score (nSPS) is 10.6. The third-order valence-corrected chi connectivity index (χ3v) is 1.45. The third kappa shape index (κ3) is 2.04. The highest BCUT2D eigenvalue weighted by Crippen LogP contribution is 1.98. The molecular weight excluding hydrogens is 140 g/mol. The lowest BCUT2D eigenvalue weighted by molar-refractivity contribution is 0.321. The van der Waals surface area contributed by atoms with Gasteiger partial charge < -0.3 is 5.21 Å². The van der Waals surface area contributed by atoms with Gasteiger partial charge in [0.05, 0.1) is 11.9 Å². The Hall–Kier alpha value is -1.38. The molecule has 0 aliphatic heterocycles. The van der Waals surface area contributed by atoms with E-state index in [4.69, 9.17) is 5.21 Å². The van der Waals surface area contributed by atoms with Gasteiger partial charge in [-0.25, -0.2) is 0 Å². The number of pyridine rings is 1. The molecule has 0 unspecified atom stereocenters. The van der Waals surface area contributed by atoms with E-state index in [0.29, 0.717) is 5.69 Å². The molecule has 0 aromatic carbocycles. The number of aryl methyl sites for hydroxylation is 1. The van der Waals surface area contributed by atoms with Crippen molar-refractivity contribution in [2.75, 3.05) is 0 Å². The smallest absolute Gasteiger partial charge is 0.0918 e. The molecule has 0 saturated heterocycles. The molecule has 1 aromatic rings. The number of hydrogen-bond donors (Lipinski definition) is 1. The fourth-order valence-corrected chi connectivity index (χ4v) is 0.781. The second kappa shape index (κ2) is 3.71. The Kier molecular flexibility index (Phi) is 2.60. The van der Waals surface area contributed by atoms with Crippen LogP contribution in [0.4, 0.5) is 0 Å². The van der Waals surface area contributed by atoms with E-state index >= 15 is 0 Å². The predicted molar refractivity (Wildman–Crippen MR) is 43.0 cm³/mol. The van der Waals surface area contributed by atoms with Crippen LogP contribution < -0.4 is 0 Å². The Bertz CT molecular complexity index is 241. The van der Waals surface area contributed by atoms with E-state index in [0.717, 1.165) is 6.42 Å². The third-order valence-electron chi connectivity index (χ3n) is 1.45. The van der Waals surface area contributed by atoms with Gasteiger partial charge in [-0.2, -0.15) is 0 Å². The van der Waals surface area contributed by atoms with Crippen molar-refractivity contribution in [1.82, 2.24) is 4.98 Å². The largest absolute Gasteiger partial charge is 0.411 e. The van der Waals surface area contributed by atoms with Crippen molar-refractivity contribution in [3.8, 4) is 0 Å². The first-order valence-corrected chi connectivity index (χ1v) is 3.49. The SMILES string of the molecule is CCc1ccc(/C=N/O)nc1. The van der Waals surface area contributed by atoms with Gasteiger partial charge in [-0.15, -0.1) is 0 Å². The first-order chi connectivity index (χ1) is 5.36. The molecule has 0 fully saturated rings. The molecule has 0 amide bonds. The van der Waals surface area contributed by atoms with E-state index in [9.17, 15) is 0 Å². The Morgan fingerprint density at radius 1 is 1.64 bits per heavy atom. The Labute approximate surface area is 65.4 Å². The van der Waals surface area contributed by atoms with Gasteiger partial charge in [0.25, 0.3) is 0 Å². The highest BCUT2D eigenvalue weighted by molar-refractivity contribution is 5.76. The molecule has 0 aliphatic rings. The van der Waals surface area contributed by atoms with Gasteiger partial charge in [-0.3, -0.25) is 4.98 Å². The van der Waals surface area contributed by atoms with Crippen LogP contribution in [-0.2, 0) is 6.42 Å². The molecule has 0 bridgehead atoms. The van der Waals surface area contributed by atoms with Gasteiger partial charge in [0, 0.05) is 6.20 Å². The van der Waals surface area contributed by atoms with Crippen LogP contribution in [0.25, 0.3) is 0 Å². The summed E-state index contributed by atoms with van der Waals surface area (Å²) in [7, 11) is 0. The summed E-state index contributed by atoms with van der Waals surface area (Å²) in [5.74, 6) is 0. The van der Waals surface area contributed by atoms with Crippen LogP contribution in [0.3, 0.4) is 0 Å². The van der Waals surface area contributed by atoms with Crippen molar-refractivity contribution in [2.45, 2.75) is 13.3 Å². The van der Waals surface area contributed by atoms with Crippen LogP contribution in [0.5, 0.6) is 0 Å². The lowest BCUT2D eigenvalue weighted by Gasteiger charge is -1.94. The summed E-state index contributed by atoms with van der Waals surface area (Å²) in [6.45, 7) is 2.07. The van der Waals surface area contributed by atoms with Gasteiger partial charge in [0.1, 0.15) is 0 Å². The standard InChI is InChI=1S/C8H10N2O/c1-2-7-3-4-8(6-10-11)9-5-7/h3-6,11H,2H2,1H3/b10-6+. The van der Waals surface area contributed by atoms with Crippen molar-refractivity contribution >= 4 is 6.21 Å². The zero-order valence-electron chi connectivity index (χ0n) is 6.36. The predicted octanol–water partition coefficient (Wildman–Crippen LogP) is 1.45. The molecule has 0 saturated carbocycles. The molecule has 1 aromatic heterocycles. The van der Waals surface area contributed by atoms with Gasteiger partial charge in [-0.05, 0) is 18.1 Å². The Morgan fingerprint density at radius 3 is 2.91 bits per heavy atom. The fraction of sp³-hybridized carbons (Fsp3) is 0.250. The van der Waals surface area contributed by atoms with E-state index in [2.05, 4.69) is 17.1 Å². The summed E-state index contributed by atoms with van der Waals surface area (Å²) in [6, 6.07) is 3.78. The van der Waals surface area contributed by atoms with Crippen molar-refractivity contribution in [1.29, 1.82) is 0 Å². The first-order valence-electron chi connectivity index (χ1n) is 3.49. The van der Waals surface area contributed by atoms with E-state index in [1.165, 1.54) is 11.8 Å². The Balaban J connectivity index is 2.82. The summed E-state index contributed by atoms with van der Waals surface area (Å²) in [5, 5.41) is 11.0. The average Bonchev–Trinajstić information content (AvgIpc) is 2.07. The number of aromatic nitrogens is 1. The number of hydrogen-bond acceptors (Lipinski definition) is 3. The quantitative estimate of drug-likeness (QED) is 0.394. The lowest BCUT2D eigenvalue weighted by atomic mass is 10.2. The second-order valence-corrected chi connectivity index (χ2v) is 2.19. The topological polar surface area (TPSA) is 45.5 Å². The minimum Gasteiger partial charge on any atom is -0.411 e. The highest BCUT2D eigenvalue weighted by Gasteiger charge is 1.89. The molecule has 11 heavy (non-hydrogen) atoms. The van der Waals surface area contributed by atoms with Gasteiger partial charge in [0.15, 0.2) is 0 Å². The maximum absolute atomic E-state index is 8.18. The maximum Gasteiger partial charge on any atom is 0.0918 e. The van der Waals surface area contributed by atoms with Crippen LogP contribution in [0, 0.1) is 0 Å². The van der Waals surface area contributed by atoms with Crippen LogP contribution in [0.15, 0.2) is 23.5 Å². The molecule has 1 rings (SSSR count). The molecule has 0 atom stereocenters. The zero-order chi connectivity index (χ0) is 8.10. The van der Waals surface area contributed by atoms with E-state index in [1.807, 2.05) is 12.1 Å². The minimum atomic E-state index is 0.671.